The molecule has 0 atom stereocenters. The number of halogens is 1. The summed E-state index contributed by atoms with van der Waals surface area (Å²) in [5.41, 5.74) is 1.14. The molecule has 0 spiro atoms. The third-order valence-electron chi connectivity index (χ3n) is 2.49. The molecule has 0 aliphatic carbocycles. The van der Waals surface area contributed by atoms with Crippen molar-refractivity contribution in [3.8, 4) is 5.75 Å². The topological polar surface area (TPSA) is 47.0 Å². The number of anilines is 1. The van der Waals surface area contributed by atoms with Crippen LogP contribution in [-0.4, -0.2) is 23.3 Å². The molecule has 19 heavy (non-hydrogen) atoms. The number of methoxy groups -OCH3 is 1. The van der Waals surface area contributed by atoms with Gasteiger partial charge in [-0.2, -0.15) is 0 Å². The summed E-state index contributed by atoms with van der Waals surface area (Å²) >= 11 is 7.39. The number of nitrogens with one attached hydrogen (secondary N) is 1. The number of rotatable bonds is 5. The molecule has 0 saturated carbocycles. The lowest BCUT2D eigenvalue weighted by Gasteiger charge is -2.07. The largest absolute Gasteiger partial charge is 0.497 e. The number of hydrogen-bond acceptors (Lipinski definition) is 5. The number of thioether (sulfide) groups is 1. The second-order valence-electron chi connectivity index (χ2n) is 3.76. The Bertz CT molecular complexity index is 548. The maximum atomic E-state index is 5.93. The van der Waals surface area contributed by atoms with E-state index >= 15 is 0 Å². The molecular formula is C13H14ClN3OS. The molecule has 1 heterocycles. The van der Waals surface area contributed by atoms with Gasteiger partial charge in [-0.15, -0.1) is 0 Å². The smallest absolute Gasteiger partial charge is 0.190 e. The molecule has 1 aromatic carbocycles. The zero-order chi connectivity index (χ0) is 13.7. The SMILES string of the molecule is COc1ccc(CNc2cc(Cl)nc(SC)n2)cc1. The second-order valence-corrected chi connectivity index (χ2v) is 4.92. The minimum Gasteiger partial charge on any atom is -0.497 e. The zero-order valence-electron chi connectivity index (χ0n) is 10.7. The van der Waals surface area contributed by atoms with Crippen molar-refractivity contribution in [2.75, 3.05) is 18.7 Å². The lowest BCUT2D eigenvalue weighted by molar-refractivity contribution is 0.414. The van der Waals surface area contributed by atoms with E-state index in [9.17, 15) is 0 Å². The Labute approximate surface area is 121 Å². The Kier molecular flexibility index (Phi) is 4.87. The van der Waals surface area contributed by atoms with Gasteiger partial charge < -0.3 is 10.1 Å². The second kappa shape index (κ2) is 6.63. The van der Waals surface area contributed by atoms with Crippen molar-refractivity contribution >= 4 is 29.2 Å². The number of nitrogens with zero attached hydrogens (tertiary/aromatic N) is 2. The minimum atomic E-state index is 0.441. The highest BCUT2D eigenvalue weighted by atomic mass is 35.5. The quantitative estimate of drug-likeness (QED) is 0.520. The fourth-order valence-corrected chi connectivity index (χ4v) is 2.13. The van der Waals surface area contributed by atoms with Crippen LogP contribution in [-0.2, 0) is 6.54 Å². The molecule has 0 unspecified atom stereocenters. The Balaban J connectivity index is 2.03. The molecule has 0 bridgehead atoms. The van der Waals surface area contributed by atoms with Gasteiger partial charge in [-0.05, 0) is 24.0 Å². The Hall–Kier alpha value is -1.46. The number of aromatic nitrogens is 2. The van der Waals surface area contributed by atoms with Crippen LogP contribution in [0.3, 0.4) is 0 Å². The van der Waals surface area contributed by atoms with Crippen molar-refractivity contribution in [1.82, 2.24) is 9.97 Å². The summed E-state index contributed by atoms with van der Waals surface area (Å²) in [4.78, 5) is 8.42. The molecule has 4 nitrogen and oxygen atoms in total. The van der Waals surface area contributed by atoms with Crippen LogP contribution < -0.4 is 10.1 Å². The Morgan fingerprint density at radius 3 is 2.63 bits per heavy atom. The first-order valence-corrected chi connectivity index (χ1v) is 7.27. The maximum Gasteiger partial charge on any atom is 0.190 e. The van der Waals surface area contributed by atoms with Gasteiger partial charge in [0.15, 0.2) is 5.16 Å². The summed E-state index contributed by atoms with van der Waals surface area (Å²) in [5.74, 6) is 1.57. The number of hydrogen-bond donors (Lipinski definition) is 1. The van der Waals surface area contributed by atoms with Crippen LogP contribution in [0, 0.1) is 0 Å². The first kappa shape index (κ1) is 14.0. The average Bonchev–Trinajstić information content (AvgIpc) is 2.45. The fraction of sp³-hybridized carbons (Fsp3) is 0.231. The highest BCUT2D eigenvalue weighted by Gasteiger charge is 2.02. The first-order chi connectivity index (χ1) is 9.21. The molecule has 0 amide bonds. The van der Waals surface area contributed by atoms with Crippen LogP contribution in [0.25, 0.3) is 0 Å². The molecule has 0 aliphatic rings. The summed E-state index contributed by atoms with van der Waals surface area (Å²) in [5, 5.41) is 4.32. The molecule has 6 heteroatoms. The van der Waals surface area contributed by atoms with E-state index in [4.69, 9.17) is 16.3 Å². The molecule has 2 rings (SSSR count). The molecule has 0 fully saturated rings. The fourth-order valence-electron chi connectivity index (χ4n) is 1.51. The van der Waals surface area contributed by atoms with Crippen molar-refractivity contribution in [1.29, 1.82) is 0 Å². The highest BCUT2D eigenvalue weighted by Crippen LogP contribution is 2.18. The third-order valence-corrected chi connectivity index (χ3v) is 3.23. The molecule has 1 aromatic heterocycles. The molecule has 0 radical (unpaired) electrons. The van der Waals surface area contributed by atoms with Gasteiger partial charge in [0.25, 0.3) is 0 Å². The van der Waals surface area contributed by atoms with Crippen molar-refractivity contribution in [3.05, 3.63) is 41.0 Å². The van der Waals surface area contributed by atoms with E-state index in [0.717, 1.165) is 17.1 Å². The van der Waals surface area contributed by atoms with E-state index in [1.165, 1.54) is 11.8 Å². The van der Waals surface area contributed by atoms with Crippen LogP contribution in [0.2, 0.25) is 5.15 Å². The van der Waals surface area contributed by atoms with E-state index in [1.54, 1.807) is 13.2 Å². The van der Waals surface area contributed by atoms with E-state index < -0.39 is 0 Å². The molecular weight excluding hydrogens is 282 g/mol. The standard InChI is InChI=1S/C13H14ClN3OS/c1-18-10-5-3-9(4-6-10)8-15-12-7-11(14)16-13(17-12)19-2/h3-7H,8H2,1-2H3,(H,15,16,17). The molecule has 2 aromatic rings. The van der Waals surface area contributed by atoms with Gasteiger partial charge in [0.05, 0.1) is 7.11 Å². The van der Waals surface area contributed by atoms with Crippen molar-refractivity contribution < 1.29 is 4.74 Å². The predicted octanol–water partition coefficient (Wildman–Crippen LogP) is 3.47. The predicted molar refractivity (Wildman–Crippen MR) is 79.1 cm³/mol. The van der Waals surface area contributed by atoms with Crippen molar-refractivity contribution in [2.24, 2.45) is 0 Å². The summed E-state index contributed by atoms with van der Waals surface area (Å²) in [7, 11) is 1.65. The van der Waals surface area contributed by atoms with Gasteiger partial charge in [0.1, 0.15) is 16.7 Å². The van der Waals surface area contributed by atoms with Crippen molar-refractivity contribution in [2.45, 2.75) is 11.7 Å². The maximum absolute atomic E-state index is 5.93. The summed E-state index contributed by atoms with van der Waals surface area (Å²) in [6, 6.07) is 9.58. The first-order valence-electron chi connectivity index (χ1n) is 5.66. The van der Waals surface area contributed by atoms with Crippen LogP contribution in [0.4, 0.5) is 5.82 Å². The number of ether oxygens (including phenoxy) is 1. The van der Waals surface area contributed by atoms with Crippen molar-refractivity contribution in [3.63, 3.8) is 0 Å². The van der Waals surface area contributed by atoms with E-state index in [-0.39, 0.29) is 0 Å². The minimum absolute atomic E-state index is 0.441. The monoisotopic (exact) mass is 295 g/mol. The van der Waals surface area contributed by atoms with Gasteiger partial charge >= 0.3 is 0 Å². The summed E-state index contributed by atoms with van der Waals surface area (Å²) < 4.78 is 5.12. The third kappa shape index (κ3) is 4.01. The highest BCUT2D eigenvalue weighted by molar-refractivity contribution is 7.98. The van der Waals surface area contributed by atoms with Gasteiger partial charge in [-0.25, -0.2) is 9.97 Å². The van der Waals surface area contributed by atoms with Gasteiger partial charge in [0, 0.05) is 12.6 Å². The van der Waals surface area contributed by atoms with E-state index in [2.05, 4.69) is 15.3 Å². The number of benzene rings is 1. The summed E-state index contributed by atoms with van der Waals surface area (Å²) in [6.07, 6.45) is 1.92. The molecule has 0 saturated heterocycles. The zero-order valence-corrected chi connectivity index (χ0v) is 12.3. The van der Waals surface area contributed by atoms with Crippen LogP contribution >= 0.6 is 23.4 Å². The summed E-state index contributed by atoms with van der Waals surface area (Å²) in [6.45, 7) is 0.672. The average molecular weight is 296 g/mol. The molecule has 0 aliphatic heterocycles. The molecule has 1 N–H and O–H groups in total. The molecule has 100 valence electrons. The van der Waals surface area contributed by atoms with Crippen LogP contribution in [0.5, 0.6) is 5.75 Å². The lowest BCUT2D eigenvalue weighted by atomic mass is 10.2. The normalized spacial score (nSPS) is 10.3. The Morgan fingerprint density at radius 1 is 1.26 bits per heavy atom. The van der Waals surface area contributed by atoms with Gasteiger partial charge in [-0.3, -0.25) is 0 Å². The van der Waals surface area contributed by atoms with E-state index in [1.807, 2.05) is 30.5 Å². The lowest BCUT2D eigenvalue weighted by Crippen LogP contribution is -2.02. The van der Waals surface area contributed by atoms with E-state index in [0.29, 0.717) is 16.9 Å². The van der Waals surface area contributed by atoms with Crippen LogP contribution in [0.15, 0.2) is 35.5 Å². The van der Waals surface area contributed by atoms with Gasteiger partial charge in [0.2, 0.25) is 0 Å². The van der Waals surface area contributed by atoms with Crippen LogP contribution in [0.1, 0.15) is 5.56 Å². The van der Waals surface area contributed by atoms with Gasteiger partial charge in [-0.1, -0.05) is 35.5 Å². The Morgan fingerprint density at radius 2 is 2.00 bits per heavy atom.